The maximum atomic E-state index is 4.68. The first-order valence-electron chi connectivity index (χ1n) is 7.61. The van der Waals surface area contributed by atoms with Crippen molar-refractivity contribution >= 4 is 15.9 Å². The van der Waals surface area contributed by atoms with Crippen LogP contribution < -0.4 is 0 Å². The highest BCUT2D eigenvalue weighted by Gasteiger charge is 2.28. The molecular formula is C18H21BrN2. The summed E-state index contributed by atoms with van der Waals surface area (Å²) >= 11 is 3.49. The second kappa shape index (κ2) is 6.71. The summed E-state index contributed by atoms with van der Waals surface area (Å²) in [4.78, 5) is 7.24. The summed E-state index contributed by atoms with van der Waals surface area (Å²) in [6.07, 6.45) is 1.24. The molecule has 21 heavy (non-hydrogen) atoms. The molecule has 1 aromatic heterocycles. The number of hydrogen-bond acceptors (Lipinski definition) is 2. The average Bonchev–Trinajstić information content (AvgIpc) is 2.50. The molecule has 0 aliphatic carbocycles. The van der Waals surface area contributed by atoms with Crippen LogP contribution in [-0.4, -0.2) is 23.0 Å². The van der Waals surface area contributed by atoms with Gasteiger partial charge >= 0.3 is 0 Å². The Bertz CT molecular complexity index is 585. The number of rotatable bonds is 3. The second-order valence-corrected chi connectivity index (χ2v) is 6.79. The van der Waals surface area contributed by atoms with Gasteiger partial charge in [0, 0.05) is 24.7 Å². The van der Waals surface area contributed by atoms with Crippen molar-refractivity contribution in [3.8, 4) is 0 Å². The number of nitrogens with zero attached hydrogens (tertiary/aromatic N) is 2. The quantitative estimate of drug-likeness (QED) is 0.763. The Morgan fingerprint density at radius 2 is 1.95 bits per heavy atom. The molecule has 0 amide bonds. The second-order valence-electron chi connectivity index (χ2n) is 5.98. The van der Waals surface area contributed by atoms with Gasteiger partial charge in [-0.05, 0) is 52.5 Å². The lowest BCUT2D eigenvalue weighted by molar-refractivity contribution is 0.158. The summed E-state index contributed by atoms with van der Waals surface area (Å²) < 4.78 is 0.937. The highest BCUT2D eigenvalue weighted by Crippen LogP contribution is 2.32. The van der Waals surface area contributed by atoms with Gasteiger partial charge in [0.2, 0.25) is 0 Å². The van der Waals surface area contributed by atoms with Gasteiger partial charge in [-0.25, -0.2) is 4.98 Å². The Morgan fingerprint density at radius 1 is 1.14 bits per heavy atom. The molecule has 0 N–H and O–H groups in total. The van der Waals surface area contributed by atoms with E-state index in [0.29, 0.717) is 11.8 Å². The number of piperidine rings is 1. The molecule has 3 heteroatoms. The monoisotopic (exact) mass is 344 g/mol. The third-order valence-corrected chi connectivity index (χ3v) is 4.85. The third-order valence-electron chi connectivity index (χ3n) is 4.41. The molecule has 0 bridgehead atoms. The molecule has 2 aromatic rings. The van der Waals surface area contributed by atoms with Crippen molar-refractivity contribution in [2.45, 2.75) is 25.8 Å². The van der Waals surface area contributed by atoms with E-state index in [1.165, 1.54) is 24.2 Å². The molecule has 2 nitrogen and oxygen atoms in total. The van der Waals surface area contributed by atoms with Gasteiger partial charge in [-0.15, -0.1) is 0 Å². The summed E-state index contributed by atoms with van der Waals surface area (Å²) in [7, 11) is 0. The van der Waals surface area contributed by atoms with Crippen LogP contribution in [0.4, 0.5) is 0 Å². The lowest BCUT2D eigenvalue weighted by atomic mass is 9.84. The van der Waals surface area contributed by atoms with Crippen molar-refractivity contribution in [1.29, 1.82) is 0 Å². The molecule has 0 spiro atoms. The van der Waals surface area contributed by atoms with Gasteiger partial charge in [-0.3, -0.25) is 4.90 Å². The van der Waals surface area contributed by atoms with Crippen LogP contribution in [0.3, 0.4) is 0 Å². The van der Waals surface area contributed by atoms with Crippen LogP contribution in [-0.2, 0) is 6.54 Å². The predicted octanol–water partition coefficient (Wildman–Crippen LogP) is 4.47. The van der Waals surface area contributed by atoms with Crippen molar-refractivity contribution in [3.63, 3.8) is 0 Å². The summed E-state index contributed by atoms with van der Waals surface area (Å²) in [5.74, 6) is 1.22. The van der Waals surface area contributed by atoms with Crippen molar-refractivity contribution in [3.05, 3.63) is 64.4 Å². The van der Waals surface area contributed by atoms with Crippen LogP contribution in [0.15, 0.2) is 53.1 Å². The lowest BCUT2D eigenvalue weighted by Gasteiger charge is -2.37. The predicted molar refractivity (Wildman–Crippen MR) is 90.2 cm³/mol. The molecule has 1 fully saturated rings. The van der Waals surface area contributed by atoms with Crippen LogP contribution >= 0.6 is 15.9 Å². The first-order chi connectivity index (χ1) is 10.2. The van der Waals surface area contributed by atoms with Gasteiger partial charge in [-0.1, -0.05) is 43.3 Å². The fourth-order valence-corrected chi connectivity index (χ4v) is 3.49. The Morgan fingerprint density at radius 3 is 2.71 bits per heavy atom. The topological polar surface area (TPSA) is 16.1 Å². The minimum atomic E-state index is 0.528. The van der Waals surface area contributed by atoms with Crippen LogP contribution in [0, 0.1) is 5.92 Å². The van der Waals surface area contributed by atoms with Crippen molar-refractivity contribution in [1.82, 2.24) is 9.88 Å². The first-order valence-corrected chi connectivity index (χ1v) is 8.40. The molecule has 110 valence electrons. The van der Waals surface area contributed by atoms with Gasteiger partial charge in [-0.2, -0.15) is 0 Å². The fraction of sp³-hybridized carbons (Fsp3) is 0.389. The summed E-state index contributed by atoms with van der Waals surface area (Å²) in [6.45, 7) is 5.67. The molecule has 0 radical (unpaired) electrons. The zero-order valence-corrected chi connectivity index (χ0v) is 14.0. The van der Waals surface area contributed by atoms with Gasteiger partial charge in [0.1, 0.15) is 4.60 Å². The molecular weight excluding hydrogens is 324 g/mol. The molecule has 1 aromatic carbocycles. The number of hydrogen-bond donors (Lipinski definition) is 0. The Hall–Kier alpha value is -1.19. The number of halogens is 1. The van der Waals surface area contributed by atoms with E-state index in [0.717, 1.165) is 17.7 Å². The molecule has 1 aliphatic heterocycles. The average molecular weight is 345 g/mol. The third kappa shape index (κ3) is 3.72. The van der Waals surface area contributed by atoms with E-state index in [4.69, 9.17) is 0 Å². The van der Waals surface area contributed by atoms with Crippen LogP contribution in [0.2, 0.25) is 0 Å². The summed E-state index contributed by atoms with van der Waals surface area (Å²) in [5, 5.41) is 0. The molecule has 0 saturated carbocycles. The Kier molecular flexibility index (Phi) is 4.71. The zero-order chi connectivity index (χ0) is 14.7. The van der Waals surface area contributed by atoms with Gasteiger partial charge < -0.3 is 0 Å². The Labute approximate surface area is 135 Å². The molecule has 2 unspecified atom stereocenters. The SMILES string of the molecule is CC1CCN(Cc2ccccc2)CC1c1cccc(Br)n1. The van der Waals surface area contributed by atoms with E-state index in [1.54, 1.807) is 0 Å². The van der Waals surface area contributed by atoms with E-state index < -0.39 is 0 Å². The molecule has 3 rings (SSSR count). The van der Waals surface area contributed by atoms with Crippen molar-refractivity contribution in [2.24, 2.45) is 5.92 Å². The van der Waals surface area contributed by atoms with Gasteiger partial charge in [0.05, 0.1) is 0 Å². The largest absolute Gasteiger partial charge is 0.298 e. The first kappa shape index (κ1) is 14.7. The summed E-state index contributed by atoms with van der Waals surface area (Å²) in [6, 6.07) is 17.0. The number of benzene rings is 1. The molecule has 1 aliphatic rings. The maximum Gasteiger partial charge on any atom is 0.106 e. The standard InChI is InChI=1S/C18H21BrN2/c1-14-10-11-21(12-15-6-3-2-4-7-15)13-16(14)17-8-5-9-18(19)20-17/h2-9,14,16H,10-13H2,1H3. The number of likely N-dealkylation sites (tertiary alicyclic amines) is 1. The molecule has 2 atom stereocenters. The number of aromatic nitrogens is 1. The van der Waals surface area contributed by atoms with E-state index in [-0.39, 0.29) is 0 Å². The number of pyridine rings is 1. The van der Waals surface area contributed by atoms with Crippen molar-refractivity contribution < 1.29 is 0 Å². The van der Waals surface area contributed by atoms with E-state index in [9.17, 15) is 0 Å². The lowest BCUT2D eigenvalue weighted by Crippen LogP contribution is -2.38. The van der Waals surface area contributed by atoms with E-state index in [2.05, 4.69) is 75.2 Å². The maximum absolute atomic E-state index is 4.68. The zero-order valence-electron chi connectivity index (χ0n) is 12.4. The van der Waals surface area contributed by atoms with Crippen molar-refractivity contribution in [2.75, 3.05) is 13.1 Å². The fourth-order valence-electron chi connectivity index (χ4n) is 3.14. The highest BCUT2D eigenvalue weighted by molar-refractivity contribution is 9.10. The highest BCUT2D eigenvalue weighted by atomic mass is 79.9. The van der Waals surface area contributed by atoms with Gasteiger partial charge in [0.25, 0.3) is 0 Å². The van der Waals surface area contributed by atoms with Crippen LogP contribution in [0.5, 0.6) is 0 Å². The molecule has 2 heterocycles. The van der Waals surface area contributed by atoms with Crippen LogP contribution in [0.25, 0.3) is 0 Å². The Balaban J connectivity index is 1.73. The van der Waals surface area contributed by atoms with Gasteiger partial charge in [0.15, 0.2) is 0 Å². The smallest absolute Gasteiger partial charge is 0.106 e. The van der Waals surface area contributed by atoms with E-state index >= 15 is 0 Å². The summed E-state index contributed by atoms with van der Waals surface area (Å²) in [5.41, 5.74) is 2.61. The minimum absolute atomic E-state index is 0.528. The minimum Gasteiger partial charge on any atom is -0.298 e. The molecule has 1 saturated heterocycles. The van der Waals surface area contributed by atoms with E-state index in [1.807, 2.05) is 6.07 Å². The van der Waals surface area contributed by atoms with Crippen LogP contribution in [0.1, 0.15) is 30.5 Å². The normalized spacial score (nSPS) is 23.1.